The molecule has 0 unspecified atom stereocenters. The average Bonchev–Trinajstić information content (AvgIpc) is 3.27. The van der Waals surface area contributed by atoms with Gasteiger partial charge in [-0.3, -0.25) is 4.98 Å². The maximum atomic E-state index is 14.5. The average molecular weight is 614 g/mol. The number of halogens is 3. The third-order valence-electron chi connectivity index (χ3n) is 9.80. The molecule has 0 amide bonds. The number of benzene rings is 3. The molecule has 0 N–H and O–H groups in total. The summed E-state index contributed by atoms with van der Waals surface area (Å²) in [6.07, 6.45) is 1.33. The Balaban J connectivity index is 1.56. The van der Waals surface area contributed by atoms with Gasteiger partial charge >= 0.3 is 6.18 Å². The van der Waals surface area contributed by atoms with Crippen molar-refractivity contribution in [2.75, 3.05) is 0 Å². The molecule has 0 bridgehead atoms. The summed E-state index contributed by atoms with van der Waals surface area (Å²) in [6.45, 7) is 17.3. The molecule has 3 aromatic carbocycles. The molecular weight excluding hydrogens is 571 g/mol. The van der Waals surface area contributed by atoms with Crippen LogP contribution in [-0.2, 0) is 11.6 Å². The summed E-state index contributed by atoms with van der Waals surface area (Å²) in [7, 11) is 0. The Hall–Kier alpha value is -3.18. The molecule has 1 fully saturated rings. The zero-order valence-corrected chi connectivity index (χ0v) is 27.9. The van der Waals surface area contributed by atoms with Crippen molar-refractivity contribution in [1.29, 1.82) is 0 Å². The molecule has 0 saturated heterocycles. The van der Waals surface area contributed by atoms with Gasteiger partial charge in [0, 0.05) is 22.0 Å². The Morgan fingerprint density at radius 3 is 2.11 bits per heavy atom. The van der Waals surface area contributed by atoms with Crippen LogP contribution >= 0.6 is 11.3 Å². The lowest BCUT2D eigenvalue weighted by Crippen LogP contribution is -2.20. The van der Waals surface area contributed by atoms with Crippen molar-refractivity contribution in [3.63, 3.8) is 0 Å². The van der Waals surface area contributed by atoms with Crippen molar-refractivity contribution in [2.45, 2.75) is 98.6 Å². The maximum absolute atomic E-state index is 14.5. The van der Waals surface area contributed by atoms with Gasteiger partial charge in [0.25, 0.3) is 0 Å². The number of rotatable bonds is 3. The molecular formula is C39H42F3NS. The quantitative estimate of drug-likeness (QED) is 0.197. The summed E-state index contributed by atoms with van der Waals surface area (Å²) in [5.41, 5.74) is 7.55. The monoisotopic (exact) mass is 613 g/mol. The van der Waals surface area contributed by atoms with Gasteiger partial charge in [0.05, 0.1) is 16.0 Å². The van der Waals surface area contributed by atoms with Crippen LogP contribution in [0.15, 0.2) is 54.7 Å². The summed E-state index contributed by atoms with van der Waals surface area (Å²) < 4.78 is 44.1. The van der Waals surface area contributed by atoms with Crippen molar-refractivity contribution in [3.8, 4) is 21.7 Å². The van der Waals surface area contributed by atoms with Gasteiger partial charge in [0.1, 0.15) is 0 Å². The smallest absolute Gasteiger partial charge is 0.254 e. The van der Waals surface area contributed by atoms with Crippen molar-refractivity contribution >= 4 is 32.2 Å². The minimum Gasteiger partial charge on any atom is -0.254 e. The lowest BCUT2D eigenvalue weighted by atomic mass is 9.71. The Labute approximate surface area is 263 Å². The molecule has 2 heterocycles. The first-order valence-electron chi connectivity index (χ1n) is 15.7. The number of nitrogens with zero attached hydrogens (tertiary/aromatic N) is 1. The van der Waals surface area contributed by atoms with E-state index in [0.29, 0.717) is 27.3 Å². The molecule has 6 rings (SSSR count). The van der Waals surface area contributed by atoms with Gasteiger partial charge in [-0.1, -0.05) is 71.0 Å². The first-order valence-corrected chi connectivity index (χ1v) is 16.5. The fourth-order valence-corrected chi connectivity index (χ4v) is 8.82. The summed E-state index contributed by atoms with van der Waals surface area (Å²) in [5.74, 6) is 0.538. The van der Waals surface area contributed by atoms with Crippen LogP contribution < -0.4 is 0 Å². The molecule has 0 spiro atoms. The standard InChI is InChI=1S/C39H42F3NS/c1-22-17-27(25-13-15-38(7,8)16-14-25)18-23(2)32(22)35-24(3)33-31(39(40,41)42)21-43-34(36(33)44-35)28-19-26-11-9-10-12-29(26)30(20-28)37(4,5)6/h9-12,17-21,25H,13-16H2,1-8H3. The zero-order valence-electron chi connectivity index (χ0n) is 27.1. The molecule has 230 valence electrons. The lowest BCUT2D eigenvalue weighted by molar-refractivity contribution is -0.136. The van der Waals surface area contributed by atoms with Gasteiger partial charge < -0.3 is 0 Å². The highest BCUT2D eigenvalue weighted by Crippen LogP contribution is 2.50. The minimum absolute atomic E-state index is 0.152. The highest BCUT2D eigenvalue weighted by Gasteiger charge is 2.36. The van der Waals surface area contributed by atoms with Gasteiger partial charge in [-0.15, -0.1) is 11.3 Å². The molecule has 0 radical (unpaired) electrons. The highest BCUT2D eigenvalue weighted by molar-refractivity contribution is 7.23. The largest absolute Gasteiger partial charge is 0.418 e. The van der Waals surface area contributed by atoms with Gasteiger partial charge in [0.2, 0.25) is 0 Å². The molecule has 0 aliphatic heterocycles. The molecule has 44 heavy (non-hydrogen) atoms. The van der Waals surface area contributed by atoms with E-state index in [1.54, 1.807) is 0 Å². The summed E-state index contributed by atoms with van der Waals surface area (Å²) in [4.78, 5) is 5.45. The van der Waals surface area contributed by atoms with Crippen LogP contribution in [0.1, 0.15) is 99.6 Å². The molecule has 2 aromatic heterocycles. The fourth-order valence-electron chi connectivity index (χ4n) is 7.31. The molecule has 0 atom stereocenters. The molecule has 1 aliphatic carbocycles. The first kappa shape index (κ1) is 30.8. The Morgan fingerprint density at radius 2 is 1.50 bits per heavy atom. The van der Waals surface area contributed by atoms with E-state index in [1.807, 2.05) is 19.1 Å². The molecule has 5 heteroatoms. The van der Waals surface area contributed by atoms with Crippen LogP contribution in [0.25, 0.3) is 42.6 Å². The predicted molar refractivity (Wildman–Crippen MR) is 181 cm³/mol. The van der Waals surface area contributed by atoms with E-state index >= 15 is 0 Å². The van der Waals surface area contributed by atoms with E-state index < -0.39 is 11.7 Å². The summed E-state index contributed by atoms with van der Waals surface area (Å²) in [6, 6.07) is 17.0. The number of thiophene rings is 1. The van der Waals surface area contributed by atoms with Crippen molar-refractivity contribution in [2.24, 2.45) is 5.41 Å². The van der Waals surface area contributed by atoms with Crippen LogP contribution in [0.3, 0.4) is 0 Å². The lowest BCUT2D eigenvalue weighted by Gasteiger charge is -2.35. The number of pyridine rings is 1. The Kier molecular flexibility index (Phi) is 7.51. The van der Waals surface area contributed by atoms with E-state index in [2.05, 4.69) is 89.8 Å². The number of hydrogen-bond donors (Lipinski definition) is 0. The number of aryl methyl sites for hydroxylation is 3. The van der Waals surface area contributed by atoms with E-state index in [-0.39, 0.29) is 10.8 Å². The number of alkyl halides is 3. The van der Waals surface area contributed by atoms with Crippen molar-refractivity contribution < 1.29 is 13.2 Å². The van der Waals surface area contributed by atoms with Crippen LogP contribution in [0, 0.1) is 26.2 Å². The molecule has 1 aliphatic rings. The van der Waals surface area contributed by atoms with Crippen LogP contribution in [-0.4, -0.2) is 4.98 Å². The highest BCUT2D eigenvalue weighted by atomic mass is 32.1. The number of hydrogen-bond acceptors (Lipinski definition) is 2. The molecule has 1 saturated carbocycles. The second-order valence-corrected chi connectivity index (χ2v) is 15.8. The fraction of sp³-hybridized carbons (Fsp3) is 0.410. The topological polar surface area (TPSA) is 12.9 Å². The number of aromatic nitrogens is 1. The van der Waals surface area contributed by atoms with Crippen molar-refractivity contribution in [3.05, 3.63) is 88.1 Å². The SMILES string of the molecule is Cc1cc(C2CCC(C)(C)CC2)cc(C)c1-c1sc2c(-c3cc(C(C)(C)C)c4ccccc4c3)ncc(C(F)(F)F)c2c1C. The zero-order chi connectivity index (χ0) is 31.8. The normalized spacial score (nSPS) is 16.2. The van der Waals surface area contributed by atoms with E-state index in [9.17, 15) is 13.2 Å². The Bertz CT molecular complexity index is 1870. The molecule has 5 aromatic rings. The second kappa shape index (κ2) is 10.7. The Morgan fingerprint density at radius 1 is 0.864 bits per heavy atom. The molecule has 1 nitrogen and oxygen atoms in total. The van der Waals surface area contributed by atoms with Crippen LogP contribution in [0.5, 0.6) is 0 Å². The van der Waals surface area contributed by atoms with Crippen LogP contribution in [0.4, 0.5) is 13.2 Å². The van der Waals surface area contributed by atoms with Gasteiger partial charge in [-0.05, 0) is 119 Å². The van der Waals surface area contributed by atoms with Gasteiger partial charge in [-0.25, -0.2) is 0 Å². The first-order chi connectivity index (χ1) is 20.5. The van der Waals surface area contributed by atoms with Crippen molar-refractivity contribution in [1.82, 2.24) is 4.98 Å². The van der Waals surface area contributed by atoms with E-state index in [0.717, 1.165) is 49.7 Å². The third kappa shape index (κ3) is 5.46. The van der Waals surface area contributed by atoms with Crippen LogP contribution in [0.2, 0.25) is 0 Å². The third-order valence-corrected chi connectivity index (χ3v) is 11.1. The van der Waals surface area contributed by atoms with E-state index in [1.165, 1.54) is 42.6 Å². The maximum Gasteiger partial charge on any atom is 0.418 e. The minimum atomic E-state index is -4.50. The predicted octanol–water partition coefficient (Wildman–Crippen LogP) is 12.7. The second-order valence-electron chi connectivity index (χ2n) is 14.7. The number of fused-ring (bicyclic) bond motifs is 2. The summed E-state index contributed by atoms with van der Waals surface area (Å²) >= 11 is 1.45. The summed E-state index contributed by atoms with van der Waals surface area (Å²) in [5, 5.41) is 2.49. The van der Waals surface area contributed by atoms with Gasteiger partial charge in [0.15, 0.2) is 0 Å². The van der Waals surface area contributed by atoms with Gasteiger partial charge in [-0.2, -0.15) is 13.2 Å². The van der Waals surface area contributed by atoms with E-state index in [4.69, 9.17) is 0 Å².